The number of para-hydroxylation sites is 1. The van der Waals surface area contributed by atoms with Crippen molar-refractivity contribution >= 4 is 17.7 Å². The Morgan fingerprint density at radius 3 is 1.81 bits per heavy atom. The Kier molecular flexibility index (Phi) is 5.84. The minimum absolute atomic E-state index is 0.215. The van der Waals surface area contributed by atoms with Crippen LogP contribution >= 0.6 is 0 Å². The highest BCUT2D eigenvalue weighted by molar-refractivity contribution is 5.89. The van der Waals surface area contributed by atoms with Crippen LogP contribution in [0.2, 0.25) is 0 Å². The van der Waals surface area contributed by atoms with Gasteiger partial charge in [-0.25, -0.2) is 9.59 Å². The highest BCUT2D eigenvalue weighted by Gasteiger charge is 2.15. The summed E-state index contributed by atoms with van der Waals surface area (Å²) in [7, 11) is 0. The average Bonchev–Trinajstić information content (AvgIpc) is 2.69. The third-order valence-corrected chi connectivity index (χ3v) is 4.10. The Balaban J connectivity index is 1.78. The molecule has 3 aromatic rings. The summed E-state index contributed by atoms with van der Waals surface area (Å²) in [4.78, 5) is 25.5. The molecule has 5 nitrogen and oxygen atoms in total. The van der Waals surface area contributed by atoms with Gasteiger partial charge in [0.25, 0.3) is 0 Å². The van der Waals surface area contributed by atoms with E-state index in [2.05, 4.69) is 5.32 Å². The van der Waals surface area contributed by atoms with Crippen LogP contribution in [0.1, 0.15) is 21.5 Å². The first-order valence-electron chi connectivity index (χ1n) is 8.59. The molecule has 2 amide bonds. The van der Waals surface area contributed by atoms with Gasteiger partial charge in [0, 0.05) is 18.8 Å². The quantitative estimate of drug-likeness (QED) is 0.674. The van der Waals surface area contributed by atoms with E-state index in [4.69, 9.17) is 5.11 Å². The van der Waals surface area contributed by atoms with E-state index in [-0.39, 0.29) is 11.6 Å². The van der Waals surface area contributed by atoms with Crippen LogP contribution in [0, 0.1) is 0 Å². The summed E-state index contributed by atoms with van der Waals surface area (Å²) in [6.07, 6.45) is 0. The standard InChI is InChI=1S/C22H20N2O3/c25-21(26)19-13-11-18(12-14-19)16-24(15-17-7-3-1-4-8-17)22(27)23-20-9-5-2-6-10-20/h1-14H,15-16H2,(H,23,27)(H,25,26). The first kappa shape index (κ1) is 18.2. The molecule has 0 fully saturated rings. The third-order valence-electron chi connectivity index (χ3n) is 4.10. The first-order chi connectivity index (χ1) is 13.1. The number of carboxylic acids is 1. The van der Waals surface area contributed by atoms with E-state index in [0.29, 0.717) is 13.1 Å². The van der Waals surface area contributed by atoms with Crippen LogP contribution in [0.5, 0.6) is 0 Å². The Morgan fingerprint density at radius 1 is 0.741 bits per heavy atom. The van der Waals surface area contributed by atoms with Gasteiger partial charge in [-0.3, -0.25) is 0 Å². The number of anilines is 1. The van der Waals surface area contributed by atoms with E-state index >= 15 is 0 Å². The molecular weight excluding hydrogens is 340 g/mol. The Hall–Kier alpha value is -3.60. The number of carbonyl (C=O) groups is 2. The van der Waals surface area contributed by atoms with E-state index in [1.165, 1.54) is 0 Å². The van der Waals surface area contributed by atoms with Gasteiger partial charge >= 0.3 is 12.0 Å². The number of carboxylic acid groups (broad SMARTS) is 1. The van der Waals surface area contributed by atoms with E-state index in [0.717, 1.165) is 16.8 Å². The molecule has 0 aromatic heterocycles. The SMILES string of the molecule is O=C(O)c1ccc(CN(Cc2ccccc2)C(=O)Nc2ccccc2)cc1. The van der Waals surface area contributed by atoms with Gasteiger partial charge in [-0.1, -0.05) is 60.7 Å². The van der Waals surface area contributed by atoms with Gasteiger partial charge < -0.3 is 15.3 Å². The van der Waals surface area contributed by atoms with Crippen molar-refractivity contribution < 1.29 is 14.7 Å². The largest absolute Gasteiger partial charge is 0.478 e. The normalized spacial score (nSPS) is 10.2. The lowest BCUT2D eigenvalue weighted by Gasteiger charge is -2.23. The van der Waals surface area contributed by atoms with Crippen LogP contribution in [0.3, 0.4) is 0 Å². The number of carbonyl (C=O) groups excluding carboxylic acids is 1. The number of nitrogens with zero attached hydrogens (tertiary/aromatic N) is 1. The van der Waals surface area contributed by atoms with Gasteiger partial charge in [0.1, 0.15) is 0 Å². The van der Waals surface area contributed by atoms with Crippen molar-refractivity contribution in [1.29, 1.82) is 0 Å². The summed E-state index contributed by atoms with van der Waals surface area (Å²) in [5, 5.41) is 11.9. The highest BCUT2D eigenvalue weighted by atomic mass is 16.4. The fourth-order valence-electron chi connectivity index (χ4n) is 2.70. The van der Waals surface area contributed by atoms with Gasteiger partial charge in [0.05, 0.1) is 5.56 Å². The molecule has 136 valence electrons. The van der Waals surface area contributed by atoms with E-state index in [1.54, 1.807) is 29.2 Å². The molecule has 3 rings (SSSR count). The number of amides is 2. The van der Waals surface area contributed by atoms with Gasteiger partial charge in [0.2, 0.25) is 0 Å². The van der Waals surface area contributed by atoms with Crippen LogP contribution in [-0.2, 0) is 13.1 Å². The minimum Gasteiger partial charge on any atom is -0.478 e. The predicted molar refractivity (Wildman–Crippen MR) is 105 cm³/mol. The summed E-state index contributed by atoms with van der Waals surface area (Å²) in [5.74, 6) is -0.968. The number of nitrogens with one attached hydrogen (secondary N) is 1. The highest BCUT2D eigenvalue weighted by Crippen LogP contribution is 2.14. The van der Waals surface area contributed by atoms with Crippen molar-refractivity contribution in [3.8, 4) is 0 Å². The van der Waals surface area contributed by atoms with Crippen LogP contribution in [-0.4, -0.2) is 22.0 Å². The van der Waals surface area contributed by atoms with Gasteiger partial charge in [-0.2, -0.15) is 0 Å². The van der Waals surface area contributed by atoms with Crippen LogP contribution < -0.4 is 5.32 Å². The molecule has 2 N–H and O–H groups in total. The summed E-state index contributed by atoms with van der Waals surface area (Å²) < 4.78 is 0. The maximum atomic E-state index is 12.8. The Labute approximate surface area is 157 Å². The lowest BCUT2D eigenvalue weighted by molar-refractivity contribution is 0.0697. The summed E-state index contributed by atoms with van der Waals surface area (Å²) in [5.41, 5.74) is 2.82. The molecule has 0 spiro atoms. The molecular formula is C22H20N2O3. The van der Waals surface area contributed by atoms with E-state index in [1.807, 2.05) is 60.7 Å². The number of urea groups is 1. The van der Waals surface area contributed by atoms with Crippen molar-refractivity contribution in [2.45, 2.75) is 13.1 Å². The van der Waals surface area contributed by atoms with Gasteiger partial charge in [-0.05, 0) is 35.4 Å². The van der Waals surface area contributed by atoms with Crippen molar-refractivity contribution in [3.05, 3.63) is 102 Å². The molecule has 0 bridgehead atoms. The minimum atomic E-state index is -0.968. The number of benzene rings is 3. The lowest BCUT2D eigenvalue weighted by atomic mass is 10.1. The zero-order valence-electron chi connectivity index (χ0n) is 14.7. The number of hydrogen-bond acceptors (Lipinski definition) is 2. The molecule has 3 aromatic carbocycles. The topological polar surface area (TPSA) is 69.6 Å². The fraction of sp³-hybridized carbons (Fsp3) is 0.0909. The van der Waals surface area contributed by atoms with Crippen molar-refractivity contribution in [3.63, 3.8) is 0 Å². The molecule has 0 radical (unpaired) electrons. The van der Waals surface area contributed by atoms with Crippen LogP contribution in [0.15, 0.2) is 84.9 Å². The maximum Gasteiger partial charge on any atom is 0.335 e. The molecule has 5 heteroatoms. The zero-order valence-corrected chi connectivity index (χ0v) is 14.7. The second kappa shape index (κ2) is 8.67. The van der Waals surface area contributed by atoms with Crippen molar-refractivity contribution in [2.24, 2.45) is 0 Å². The van der Waals surface area contributed by atoms with Crippen molar-refractivity contribution in [1.82, 2.24) is 4.90 Å². The zero-order chi connectivity index (χ0) is 19.1. The first-order valence-corrected chi connectivity index (χ1v) is 8.59. The Morgan fingerprint density at radius 2 is 1.26 bits per heavy atom. The molecule has 0 aliphatic heterocycles. The van der Waals surface area contributed by atoms with Crippen LogP contribution in [0.4, 0.5) is 10.5 Å². The molecule has 0 aliphatic rings. The smallest absolute Gasteiger partial charge is 0.335 e. The number of hydrogen-bond donors (Lipinski definition) is 2. The molecule has 0 saturated carbocycles. The second-order valence-corrected chi connectivity index (χ2v) is 6.14. The molecule has 0 saturated heterocycles. The lowest BCUT2D eigenvalue weighted by Crippen LogP contribution is -2.34. The second-order valence-electron chi connectivity index (χ2n) is 6.14. The van der Waals surface area contributed by atoms with Gasteiger partial charge in [-0.15, -0.1) is 0 Å². The number of aromatic carboxylic acids is 1. The van der Waals surface area contributed by atoms with Crippen LogP contribution in [0.25, 0.3) is 0 Å². The molecule has 0 heterocycles. The molecule has 27 heavy (non-hydrogen) atoms. The average molecular weight is 360 g/mol. The third kappa shape index (κ3) is 5.19. The fourth-order valence-corrected chi connectivity index (χ4v) is 2.70. The molecule has 0 aliphatic carbocycles. The Bertz CT molecular complexity index is 894. The predicted octanol–water partition coefficient (Wildman–Crippen LogP) is 4.62. The number of rotatable bonds is 6. The summed E-state index contributed by atoms with van der Waals surface area (Å²) >= 11 is 0. The summed E-state index contributed by atoms with van der Waals surface area (Å²) in [6.45, 7) is 0.813. The van der Waals surface area contributed by atoms with E-state index in [9.17, 15) is 9.59 Å². The summed E-state index contributed by atoms with van der Waals surface area (Å²) in [6, 6.07) is 25.4. The monoisotopic (exact) mass is 360 g/mol. The van der Waals surface area contributed by atoms with Gasteiger partial charge in [0.15, 0.2) is 0 Å². The molecule has 0 unspecified atom stereocenters. The van der Waals surface area contributed by atoms with Crippen molar-refractivity contribution in [2.75, 3.05) is 5.32 Å². The maximum absolute atomic E-state index is 12.8. The van der Waals surface area contributed by atoms with E-state index < -0.39 is 5.97 Å². The molecule has 0 atom stereocenters.